The lowest BCUT2D eigenvalue weighted by Crippen LogP contribution is -2.74. The highest BCUT2D eigenvalue weighted by atomic mass is 32.1. The van der Waals surface area contributed by atoms with E-state index in [-0.39, 0.29) is 12.0 Å². The molecule has 3 rings (SSSR count). The van der Waals surface area contributed by atoms with Crippen LogP contribution in [-0.4, -0.2) is 29.1 Å². The molecule has 22 heavy (non-hydrogen) atoms. The maximum atomic E-state index is 12.6. The molecule has 1 saturated carbocycles. The average Bonchev–Trinajstić information content (AvgIpc) is 2.88. The molecule has 1 heterocycles. The molecule has 5 nitrogen and oxygen atoms in total. The number of thiazole rings is 1. The van der Waals surface area contributed by atoms with E-state index in [1.807, 2.05) is 45.0 Å². The van der Waals surface area contributed by atoms with E-state index in [0.717, 1.165) is 10.2 Å². The molecule has 1 fully saturated rings. The normalized spacial score (nSPS) is 26.6. The van der Waals surface area contributed by atoms with Crippen LogP contribution in [0.1, 0.15) is 27.2 Å². The zero-order chi connectivity index (χ0) is 16.0. The van der Waals surface area contributed by atoms with Crippen molar-refractivity contribution in [3.8, 4) is 0 Å². The van der Waals surface area contributed by atoms with Crippen molar-refractivity contribution in [2.24, 2.45) is 11.1 Å². The predicted octanol–water partition coefficient (Wildman–Crippen LogP) is 2.77. The number of hydrogen-bond acceptors (Lipinski definition) is 5. The predicted molar refractivity (Wildman–Crippen MR) is 89.0 cm³/mol. The number of aromatic nitrogens is 1. The van der Waals surface area contributed by atoms with Crippen LogP contribution in [0.4, 0.5) is 5.13 Å². The Kier molecular flexibility index (Phi) is 3.71. The number of nitrogens with zero attached hydrogens (tertiary/aromatic N) is 1. The molecule has 2 aromatic rings. The molecule has 0 spiro atoms. The molecule has 0 bridgehead atoms. The van der Waals surface area contributed by atoms with Crippen molar-refractivity contribution >= 4 is 32.6 Å². The van der Waals surface area contributed by atoms with Crippen molar-refractivity contribution in [3.63, 3.8) is 0 Å². The number of para-hydroxylation sites is 1. The summed E-state index contributed by atoms with van der Waals surface area (Å²) in [5, 5.41) is 3.47. The molecule has 118 valence electrons. The highest BCUT2D eigenvalue weighted by Crippen LogP contribution is 2.50. The highest BCUT2D eigenvalue weighted by Gasteiger charge is 2.62. The number of anilines is 1. The van der Waals surface area contributed by atoms with Crippen molar-refractivity contribution in [1.82, 2.24) is 4.98 Å². The number of carbonyl (C=O) groups is 1. The van der Waals surface area contributed by atoms with Crippen LogP contribution in [0.2, 0.25) is 0 Å². The number of amides is 1. The summed E-state index contributed by atoms with van der Waals surface area (Å²) in [7, 11) is 0. The minimum Gasteiger partial charge on any atom is -0.378 e. The maximum absolute atomic E-state index is 12.6. The van der Waals surface area contributed by atoms with Crippen LogP contribution in [0.15, 0.2) is 24.3 Å². The van der Waals surface area contributed by atoms with E-state index < -0.39 is 11.0 Å². The Balaban J connectivity index is 1.77. The number of fused-ring (bicyclic) bond motifs is 1. The van der Waals surface area contributed by atoms with Crippen LogP contribution in [-0.2, 0) is 9.53 Å². The molecule has 2 unspecified atom stereocenters. The maximum Gasteiger partial charge on any atom is 0.246 e. The molecule has 6 heteroatoms. The summed E-state index contributed by atoms with van der Waals surface area (Å²) in [6, 6.07) is 7.80. The lowest BCUT2D eigenvalue weighted by Gasteiger charge is -2.57. The van der Waals surface area contributed by atoms with Gasteiger partial charge in [-0.1, -0.05) is 37.3 Å². The van der Waals surface area contributed by atoms with E-state index in [1.165, 1.54) is 11.3 Å². The summed E-state index contributed by atoms with van der Waals surface area (Å²) in [6.45, 7) is 6.54. The number of nitrogens with one attached hydrogen (secondary N) is 1. The lowest BCUT2D eigenvalue weighted by molar-refractivity contribution is -0.166. The first-order valence-corrected chi connectivity index (χ1v) is 8.27. The number of hydrogen-bond donors (Lipinski definition) is 2. The Hall–Kier alpha value is -1.50. The topological polar surface area (TPSA) is 77.2 Å². The standard InChI is InChI=1S/C16H21N3O2S/c1-4-21-12-9-16(17,15(12,2)3)13(20)19-14-18-10-7-5-6-8-11(10)22-14/h5-8,12H,4,9,17H2,1-3H3,(H,18,19,20). The number of nitrogens with two attached hydrogens (primary N) is 1. The van der Waals surface area contributed by atoms with Crippen LogP contribution in [0.25, 0.3) is 10.2 Å². The van der Waals surface area contributed by atoms with Gasteiger partial charge in [-0.3, -0.25) is 4.79 Å². The Morgan fingerprint density at radius 3 is 2.86 bits per heavy atom. The van der Waals surface area contributed by atoms with Crippen molar-refractivity contribution in [1.29, 1.82) is 0 Å². The van der Waals surface area contributed by atoms with E-state index in [0.29, 0.717) is 18.2 Å². The molecule has 0 saturated heterocycles. The Morgan fingerprint density at radius 2 is 2.23 bits per heavy atom. The van der Waals surface area contributed by atoms with E-state index in [9.17, 15) is 4.79 Å². The zero-order valence-electron chi connectivity index (χ0n) is 13.1. The summed E-state index contributed by atoms with van der Waals surface area (Å²) in [5.41, 5.74) is 5.93. The quantitative estimate of drug-likeness (QED) is 0.908. The third-order valence-corrected chi connectivity index (χ3v) is 5.70. The van der Waals surface area contributed by atoms with E-state index >= 15 is 0 Å². The van der Waals surface area contributed by atoms with Gasteiger partial charge in [0.25, 0.3) is 0 Å². The SMILES string of the molecule is CCOC1CC(N)(C(=O)Nc2nc3ccccc3s2)C1(C)C. The van der Waals surface area contributed by atoms with Crippen molar-refractivity contribution in [3.05, 3.63) is 24.3 Å². The summed E-state index contributed by atoms with van der Waals surface area (Å²) in [6.07, 6.45) is 0.550. The first-order chi connectivity index (χ1) is 10.4. The number of carbonyl (C=O) groups excluding carboxylic acids is 1. The van der Waals surface area contributed by atoms with Gasteiger partial charge in [0, 0.05) is 18.4 Å². The van der Waals surface area contributed by atoms with Crippen LogP contribution in [0, 0.1) is 5.41 Å². The molecule has 0 radical (unpaired) electrons. The molecule has 2 atom stereocenters. The van der Waals surface area contributed by atoms with E-state index in [2.05, 4.69) is 10.3 Å². The molecular formula is C16H21N3O2S. The third-order valence-electron chi connectivity index (χ3n) is 4.75. The summed E-state index contributed by atoms with van der Waals surface area (Å²) < 4.78 is 6.71. The first kappa shape index (κ1) is 15.4. The summed E-state index contributed by atoms with van der Waals surface area (Å²) in [5.74, 6) is -0.187. The van der Waals surface area contributed by atoms with Crippen LogP contribution in [0.3, 0.4) is 0 Å². The highest BCUT2D eigenvalue weighted by molar-refractivity contribution is 7.22. The largest absolute Gasteiger partial charge is 0.378 e. The van der Waals surface area contributed by atoms with Gasteiger partial charge < -0.3 is 15.8 Å². The Morgan fingerprint density at radius 1 is 1.50 bits per heavy atom. The van der Waals surface area contributed by atoms with Crippen LogP contribution in [0.5, 0.6) is 0 Å². The summed E-state index contributed by atoms with van der Waals surface area (Å²) in [4.78, 5) is 17.1. The molecule has 3 N–H and O–H groups in total. The number of benzene rings is 1. The lowest BCUT2D eigenvalue weighted by atomic mass is 9.54. The van der Waals surface area contributed by atoms with Crippen LogP contribution >= 0.6 is 11.3 Å². The second kappa shape index (κ2) is 5.30. The minimum absolute atomic E-state index is 0.0172. The van der Waals surface area contributed by atoms with Crippen LogP contribution < -0.4 is 11.1 Å². The van der Waals surface area contributed by atoms with Gasteiger partial charge in [-0.05, 0) is 19.1 Å². The van der Waals surface area contributed by atoms with Gasteiger partial charge in [-0.2, -0.15) is 0 Å². The minimum atomic E-state index is -0.926. The molecule has 1 aliphatic rings. The second-order valence-electron chi connectivity index (χ2n) is 6.28. The molecular weight excluding hydrogens is 298 g/mol. The molecule has 1 aliphatic carbocycles. The van der Waals surface area contributed by atoms with Gasteiger partial charge in [0.1, 0.15) is 5.54 Å². The van der Waals surface area contributed by atoms with Gasteiger partial charge in [0.15, 0.2) is 5.13 Å². The Bertz CT molecular complexity index is 679. The van der Waals surface area contributed by atoms with Gasteiger partial charge in [-0.15, -0.1) is 0 Å². The van der Waals surface area contributed by atoms with Gasteiger partial charge >= 0.3 is 0 Å². The fraction of sp³-hybridized carbons (Fsp3) is 0.500. The Labute approximate surface area is 133 Å². The van der Waals surface area contributed by atoms with Crippen molar-refractivity contribution in [2.75, 3.05) is 11.9 Å². The van der Waals surface area contributed by atoms with Gasteiger partial charge in [0.05, 0.1) is 16.3 Å². The molecule has 1 amide bonds. The molecule has 0 aliphatic heterocycles. The van der Waals surface area contributed by atoms with Crippen molar-refractivity contribution < 1.29 is 9.53 Å². The number of rotatable bonds is 4. The zero-order valence-corrected chi connectivity index (χ0v) is 13.9. The second-order valence-corrected chi connectivity index (χ2v) is 7.31. The molecule has 1 aromatic heterocycles. The van der Waals surface area contributed by atoms with Gasteiger partial charge in [0.2, 0.25) is 5.91 Å². The van der Waals surface area contributed by atoms with Crippen molar-refractivity contribution in [2.45, 2.75) is 38.8 Å². The monoisotopic (exact) mass is 319 g/mol. The number of ether oxygens (including phenoxy) is 1. The van der Waals surface area contributed by atoms with E-state index in [4.69, 9.17) is 10.5 Å². The summed E-state index contributed by atoms with van der Waals surface area (Å²) >= 11 is 1.46. The van der Waals surface area contributed by atoms with E-state index in [1.54, 1.807) is 0 Å². The fourth-order valence-corrected chi connectivity index (χ4v) is 3.82. The average molecular weight is 319 g/mol. The molecule has 1 aromatic carbocycles. The third kappa shape index (κ3) is 2.22. The first-order valence-electron chi connectivity index (χ1n) is 7.46. The smallest absolute Gasteiger partial charge is 0.246 e. The fourth-order valence-electron chi connectivity index (χ4n) is 2.95. The van der Waals surface area contributed by atoms with Gasteiger partial charge in [-0.25, -0.2) is 4.98 Å².